The molecule has 4 nitrogen and oxygen atoms in total. The van der Waals surface area contributed by atoms with Crippen LogP contribution >= 0.6 is 0 Å². The van der Waals surface area contributed by atoms with Crippen molar-refractivity contribution in [3.63, 3.8) is 0 Å². The number of aromatic nitrogens is 2. The Balaban J connectivity index is 2.93. The molecule has 0 aliphatic heterocycles. The van der Waals surface area contributed by atoms with Gasteiger partial charge in [0.05, 0.1) is 11.6 Å². The molecule has 0 aliphatic rings. The van der Waals surface area contributed by atoms with Gasteiger partial charge in [-0.05, 0) is 6.07 Å². The summed E-state index contributed by atoms with van der Waals surface area (Å²) in [4.78, 5) is 0. The van der Waals surface area contributed by atoms with Crippen molar-refractivity contribution in [1.29, 1.82) is 0 Å². The smallest absolute Gasteiger partial charge is 0.249 e. The lowest BCUT2D eigenvalue weighted by Gasteiger charge is -1.82. The number of fused-ring (bicyclic) bond motifs is 1. The van der Waals surface area contributed by atoms with E-state index in [1.165, 1.54) is 12.5 Å². The van der Waals surface area contributed by atoms with Crippen LogP contribution in [0.25, 0.3) is 11.1 Å². The second kappa shape index (κ2) is 1.70. The molecule has 0 spiro atoms. The number of hydrogen-bond acceptors (Lipinski definition) is 4. The molecule has 2 heterocycles. The Labute approximate surface area is 56.1 Å². The minimum Gasteiger partial charge on any atom is -0.504 e. The highest BCUT2D eigenvalue weighted by Crippen LogP contribution is 2.22. The average molecular weight is 136 g/mol. The molecule has 0 amide bonds. The third-order valence-corrected chi connectivity index (χ3v) is 1.24. The van der Waals surface area contributed by atoms with E-state index in [0.717, 1.165) is 0 Å². The van der Waals surface area contributed by atoms with E-state index in [9.17, 15) is 0 Å². The molecule has 0 fully saturated rings. The summed E-state index contributed by atoms with van der Waals surface area (Å²) < 4.78 is 4.83. The molecular weight excluding hydrogens is 132 g/mol. The number of hydrogen-bond donors (Lipinski definition) is 1. The number of rotatable bonds is 0. The minimum atomic E-state index is 0.102. The van der Waals surface area contributed by atoms with Crippen LogP contribution in [0, 0.1) is 0 Å². The van der Waals surface area contributed by atoms with Gasteiger partial charge in [-0.3, -0.25) is 0 Å². The zero-order chi connectivity index (χ0) is 6.97. The Morgan fingerprint density at radius 2 is 2.40 bits per heavy atom. The molecule has 4 heteroatoms. The maximum Gasteiger partial charge on any atom is 0.249 e. The SMILES string of the molecule is Oc1coc2nnccc12. The van der Waals surface area contributed by atoms with Gasteiger partial charge in [0.25, 0.3) is 0 Å². The fourth-order valence-electron chi connectivity index (χ4n) is 0.776. The van der Waals surface area contributed by atoms with Crippen LogP contribution in [-0.4, -0.2) is 15.3 Å². The quantitative estimate of drug-likeness (QED) is 0.585. The van der Waals surface area contributed by atoms with Crippen LogP contribution in [0.2, 0.25) is 0 Å². The van der Waals surface area contributed by atoms with Crippen LogP contribution in [0.4, 0.5) is 0 Å². The van der Waals surface area contributed by atoms with Crippen molar-refractivity contribution in [3.05, 3.63) is 18.5 Å². The number of aromatic hydroxyl groups is 1. The fraction of sp³-hybridized carbons (Fsp3) is 0. The Morgan fingerprint density at radius 1 is 1.50 bits per heavy atom. The second-order valence-electron chi connectivity index (χ2n) is 1.87. The van der Waals surface area contributed by atoms with E-state index in [1.54, 1.807) is 6.07 Å². The molecule has 2 aromatic rings. The number of furan rings is 1. The highest BCUT2D eigenvalue weighted by atomic mass is 16.4. The Hall–Kier alpha value is -1.58. The predicted octanol–water partition coefficient (Wildman–Crippen LogP) is 0.928. The average Bonchev–Trinajstić information content (AvgIpc) is 2.34. The lowest BCUT2D eigenvalue weighted by molar-refractivity contribution is 0.463. The molecule has 0 aliphatic carbocycles. The van der Waals surface area contributed by atoms with Crippen molar-refractivity contribution in [3.8, 4) is 5.75 Å². The van der Waals surface area contributed by atoms with Gasteiger partial charge in [-0.2, -0.15) is 5.10 Å². The first-order valence-electron chi connectivity index (χ1n) is 2.76. The summed E-state index contributed by atoms with van der Waals surface area (Å²) in [5.41, 5.74) is 0.361. The summed E-state index contributed by atoms with van der Waals surface area (Å²) in [6.07, 6.45) is 2.73. The second-order valence-corrected chi connectivity index (χ2v) is 1.87. The van der Waals surface area contributed by atoms with Crippen LogP contribution < -0.4 is 0 Å². The van der Waals surface area contributed by atoms with E-state index in [1.807, 2.05) is 0 Å². The van der Waals surface area contributed by atoms with Gasteiger partial charge in [0.1, 0.15) is 6.26 Å². The predicted molar refractivity (Wildman–Crippen MR) is 33.5 cm³/mol. The van der Waals surface area contributed by atoms with Crippen molar-refractivity contribution < 1.29 is 9.52 Å². The zero-order valence-corrected chi connectivity index (χ0v) is 4.98. The molecule has 0 bridgehead atoms. The first-order chi connectivity index (χ1) is 4.88. The van der Waals surface area contributed by atoms with E-state index >= 15 is 0 Å². The lowest BCUT2D eigenvalue weighted by atomic mass is 10.4. The standard InChI is InChI=1S/C6H4N2O2/c9-5-3-10-6-4(5)1-2-7-8-6/h1-3,9H. The van der Waals surface area contributed by atoms with Gasteiger partial charge in [-0.1, -0.05) is 0 Å². The van der Waals surface area contributed by atoms with Crippen LogP contribution in [0.1, 0.15) is 0 Å². The van der Waals surface area contributed by atoms with Crippen molar-refractivity contribution in [2.24, 2.45) is 0 Å². The van der Waals surface area contributed by atoms with E-state index in [-0.39, 0.29) is 5.75 Å². The third kappa shape index (κ3) is 0.556. The molecule has 10 heavy (non-hydrogen) atoms. The monoisotopic (exact) mass is 136 g/mol. The van der Waals surface area contributed by atoms with Crippen LogP contribution in [0.5, 0.6) is 5.75 Å². The first kappa shape index (κ1) is 5.22. The minimum absolute atomic E-state index is 0.102. The van der Waals surface area contributed by atoms with Gasteiger partial charge < -0.3 is 9.52 Å². The molecule has 0 radical (unpaired) electrons. The van der Waals surface area contributed by atoms with Gasteiger partial charge in [0.15, 0.2) is 5.75 Å². The Bertz CT molecular complexity index is 355. The van der Waals surface area contributed by atoms with E-state index in [0.29, 0.717) is 11.1 Å². The molecule has 0 saturated heterocycles. The third-order valence-electron chi connectivity index (χ3n) is 1.24. The summed E-state index contributed by atoms with van der Waals surface area (Å²) in [6, 6.07) is 1.64. The molecule has 0 saturated carbocycles. The summed E-state index contributed by atoms with van der Waals surface area (Å²) in [5, 5.41) is 16.8. The largest absolute Gasteiger partial charge is 0.504 e. The molecule has 2 aromatic heterocycles. The van der Waals surface area contributed by atoms with Gasteiger partial charge in [0.2, 0.25) is 5.71 Å². The maximum absolute atomic E-state index is 9.05. The molecule has 1 N–H and O–H groups in total. The highest BCUT2D eigenvalue weighted by Gasteiger charge is 2.02. The fourth-order valence-corrected chi connectivity index (χ4v) is 0.776. The van der Waals surface area contributed by atoms with Crippen LogP contribution in [0.3, 0.4) is 0 Å². The number of nitrogens with zero attached hydrogens (tertiary/aromatic N) is 2. The molecular formula is C6H4N2O2. The molecule has 2 rings (SSSR count). The van der Waals surface area contributed by atoms with E-state index in [4.69, 9.17) is 9.52 Å². The summed E-state index contributed by atoms with van der Waals surface area (Å²) in [5.74, 6) is 0.102. The Kier molecular flexibility index (Phi) is 0.887. The van der Waals surface area contributed by atoms with Gasteiger partial charge >= 0.3 is 0 Å². The first-order valence-corrected chi connectivity index (χ1v) is 2.76. The normalized spacial score (nSPS) is 10.4. The van der Waals surface area contributed by atoms with Gasteiger partial charge in [0, 0.05) is 0 Å². The lowest BCUT2D eigenvalue weighted by Crippen LogP contribution is -1.75. The van der Waals surface area contributed by atoms with Crippen molar-refractivity contribution >= 4 is 11.1 Å². The van der Waals surface area contributed by atoms with Crippen molar-refractivity contribution in [2.75, 3.05) is 0 Å². The van der Waals surface area contributed by atoms with Gasteiger partial charge in [-0.25, -0.2) is 0 Å². The van der Waals surface area contributed by atoms with Crippen molar-refractivity contribution in [2.45, 2.75) is 0 Å². The van der Waals surface area contributed by atoms with Crippen molar-refractivity contribution in [1.82, 2.24) is 10.2 Å². The molecule has 0 aromatic carbocycles. The summed E-state index contributed by atoms with van der Waals surface area (Å²) in [7, 11) is 0. The molecule has 0 atom stereocenters. The Morgan fingerprint density at radius 3 is 3.20 bits per heavy atom. The molecule has 50 valence electrons. The zero-order valence-electron chi connectivity index (χ0n) is 4.98. The van der Waals surface area contributed by atoms with E-state index in [2.05, 4.69) is 10.2 Å². The highest BCUT2D eigenvalue weighted by molar-refractivity contribution is 5.79. The summed E-state index contributed by atoms with van der Waals surface area (Å²) >= 11 is 0. The maximum atomic E-state index is 9.05. The topological polar surface area (TPSA) is 59.2 Å². The van der Waals surface area contributed by atoms with Crippen LogP contribution in [-0.2, 0) is 0 Å². The van der Waals surface area contributed by atoms with E-state index < -0.39 is 0 Å². The van der Waals surface area contributed by atoms with Crippen LogP contribution in [0.15, 0.2) is 22.9 Å². The summed E-state index contributed by atoms with van der Waals surface area (Å²) in [6.45, 7) is 0. The molecule has 0 unspecified atom stereocenters. The van der Waals surface area contributed by atoms with Gasteiger partial charge in [-0.15, -0.1) is 5.10 Å².